The van der Waals surface area contributed by atoms with Crippen LogP contribution in [0.15, 0.2) is 60.7 Å². The van der Waals surface area contributed by atoms with Gasteiger partial charge in [0, 0.05) is 0 Å². The van der Waals surface area contributed by atoms with E-state index in [2.05, 4.69) is 70.0 Å². The van der Waals surface area contributed by atoms with Crippen LogP contribution in [-0.2, 0) is 0 Å². The summed E-state index contributed by atoms with van der Waals surface area (Å²) in [6.45, 7) is 0. The largest absolute Gasteiger partial charge is 0.341 e. The lowest BCUT2D eigenvalue weighted by molar-refractivity contribution is 0.895. The molecule has 2 N–H and O–H groups in total. The van der Waals surface area contributed by atoms with Gasteiger partial charge in [0.1, 0.15) is 17.9 Å². The minimum absolute atomic E-state index is 0.362. The molecule has 2 aromatic rings. The lowest BCUT2D eigenvalue weighted by atomic mass is 10.4. The van der Waals surface area contributed by atoms with Crippen LogP contribution in [0.25, 0.3) is 0 Å². The minimum Gasteiger partial charge on any atom is -0.341 e. The van der Waals surface area contributed by atoms with Crippen molar-refractivity contribution in [3.63, 3.8) is 0 Å². The summed E-state index contributed by atoms with van der Waals surface area (Å²) in [4.78, 5) is 0. The topological polar surface area (TPSA) is 24.1 Å². The molecule has 0 spiro atoms. The summed E-state index contributed by atoms with van der Waals surface area (Å²) in [6, 6.07) is 28.2. The second-order valence-corrected chi connectivity index (χ2v) is 15.7. The Labute approximate surface area is 143 Å². The molecule has 0 aromatic heterocycles. The quantitative estimate of drug-likeness (QED) is 0.779. The maximum absolute atomic E-state index is 4.25. The highest BCUT2D eigenvalue weighted by molar-refractivity contribution is 7.07. The summed E-state index contributed by atoms with van der Waals surface area (Å²) in [5, 5.41) is 3.03. The van der Waals surface area contributed by atoms with Crippen molar-refractivity contribution in [2.75, 3.05) is 0 Å². The van der Waals surface area contributed by atoms with Gasteiger partial charge in [-0.25, -0.2) is 0 Å². The minimum atomic E-state index is -2.02. The molecule has 4 rings (SSSR count). The molecule has 2 heterocycles. The van der Waals surface area contributed by atoms with Gasteiger partial charge in [0.25, 0.3) is 8.40 Å². The van der Waals surface area contributed by atoms with E-state index in [4.69, 9.17) is 0 Å². The summed E-state index contributed by atoms with van der Waals surface area (Å²) in [5.74, 6) is 0. The van der Waals surface area contributed by atoms with Crippen LogP contribution in [0.2, 0.25) is 24.2 Å². The Morgan fingerprint density at radius 1 is 0.609 bits per heavy atom. The highest BCUT2D eigenvalue weighted by Gasteiger charge is 2.44. The Bertz CT molecular complexity index is 570. The Morgan fingerprint density at radius 3 is 1.30 bits per heavy atom. The molecule has 118 valence electrons. The van der Waals surface area contributed by atoms with Crippen molar-refractivity contribution < 1.29 is 0 Å². The zero-order chi connectivity index (χ0) is 15.5. The third kappa shape index (κ3) is 3.16. The molecule has 2 aromatic carbocycles. The van der Waals surface area contributed by atoms with Crippen LogP contribution in [0.5, 0.6) is 0 Å². The fraction of sp³-hybridized carbons (Fsp3) is 0.333. The first kappa shape index (κ1) is 15.5. The highest BCUT2D eigenvalue weighted by Crippen LogP contribution is 2.22. The van der Waals surface area contributed by atoms with Gasteiger partial charge in [-0.05, 0) is 34.5 Å². The second-order valence-electron chi connectivity index (χ2n) is 6.65. The summed E-state index contributed by atoms with van der Waals surface area (Å²) >= 11 is 0. The summed E-state index contributed by atoms with van der Waals surface area (Å²) in [6.07, 6.45) is 2.85. The van der Waals surface area contributed by atoms with Crippen molar-refractivity contribution in [3.05, 3.63) is 60.7 Å². The summed E-state index contributed by atoms with van der Waals surface area (Å²) < 4.78 is 8.51. The lowest BCUT2D eigenvalue weighted by Gasteiger charge is -2.43. The van der Waals surface area contributed by atoms with Gasteiger partial charge in [0.2, 0.25) is 0 Å². The summed E-state index contributed by atoms with van der Waals surface area (Å²) in [7, 11) is -2.75. The molecular formula is C18H24N2Si3. The maximum atomic E-state index is 4.25. The molecule has 2 fully saturated rings. The van der Waals surface area contributed by atoms with E-state index >= 15 is 0 Å². The first-order valence-electron chi connectivity index (χ1n) is 8.74. The van der Waals surface area contributed by atoms with Crippen molar-refractivity contribution in [1.29, 1.82) is 0 Å². The third-order valence-corrected chi connectivity index (χ3v) is 17.1. The molecule has 0 bridgehead atoms. The first-order valence-corrected chi connectivity index (χ1v) is 14.6. The van der Waals surface area contributed by atoms with Gasteiger partial charge in [-0.3, -0.25) is 0 Å². The molecule has 23 heavy (non-hydrogen) atoms. The van der Waals surface area contributed by atoms with E-state index in [1.807, 2.05) is 0 Å². The smallest absolute Gasteiger partial charge is 0.254 e. The lowest BCUT2D eigenvalue weighted by Crippen LogP contribution is -2.83. The molecule has 2 nitrogen and oxygen atoms in total. The van der Waals surface area contributed by atoms with Gasteiger partial charge < -0.3 is 9.30 Å². The maximum Gasteiger partial charge on any atom is 0.254 e. The van der Waals surface area contributed by atoms with E-state index in [0.29, 0.717) is 0 Å². The van der Waals surface area contributed by atoms with Gasteiger partial charge >= 0.3 is 0 Å². The zero-order valence-corrected chi connectivity index (χ0v) is 16.5. The van der Waals surface area contributed by atoms with Crippen LogP contribution in [0.3, 0.4) is 0 Å². The van der Waals surface area contributed by atoms with Crippen LogP contribution in [0.4, 0.5) is 0 Å². The molecule has 5 heteroatoms. The fourth-order valence-electron chi connectivity index (χ4n) is 3.35. The molecule has 2 aliphatic heterocycles. The van der Waals surface area contributed by atoms with Crippen LogP contribution < -0.4 is 19.7 Å². The predicted octanol–water partition coefficient (Wildman–Crippen LogP) is 2.21. The van der Waals surface area contributed by atoms with Crippen molar-refractivity contribution >= 4 is 36.7 Å². The van der Waals surface area contributed by atoms with Gasteiger partial charge in [0.05, 0.1) is 0 Å². The fourth-order valence-corrected chi connectivity index (χ4v) is 15.8. The second kappa shape index (κ2) is 6.86. The Kier molecular flexibility index (Phi) is 4.64. The van der Waals surface area contributed by atoms with Crippen molar-refractivity contribution in [2.45, 2.75) is 37.0 Å². The van der Waals surface area contributed by atoms with Crippen LogP contribution in [-0.4, -0.2) is 26.3 Å². The molecule has 0 aliphatic carbocycles. The monoisotopic (exact) mass is 352 g/mol. The number of hydrogen-bond acceptors (Lipinski definition) is 2. The van der Waals surface area contributed by atoms with Crippen LogP contribution >= 0.6 is 0 Å². The van der Waals surface area contributed by atoms with Crippen molar-refractivity contribution in [3.8, 4) is 0 Å². The molecule has 0 saturated carbocycles. The standard InChI is InChI=1S/C18H24N2Si3/c1-3-9-17(10-4-1)23(19-21-13-7-14-21,20-22-15-8-16-22)18-11-5-2-6-12-18/h1-6,9-12,19-20H,7-8,13-16H2. The summed E-state index contributed by atoms with van der Waals surface area (Å²) in [5.41, 5.74) is 0. The van der Waals surface area contributed by atoms with Gasteiger partial charge in [-0.2, -0.15) is 0 Å². The molecule has 0 amide bonds. The van der Waals surface area contributed by atoms with Gasteiger partial charge in [-0.1, -0.05) is 73.5 Å². The average Bonchev–Trinajstić information content (AvgIpc) is 2.54. The molecule has 2 aliphatic rings. The molecule has 2 radical (unpaired) electrons. The van der Waals surface area contributed by atoms with Crippen molar-refractivity contribution in [1.82, 2.24) is 9.30 Å². The van der Waals surface area contributed by atoms with Gasteiger partial charge in [0.15, 0.2) is 0 Å². The van der Waals surface area contributed by atoms with E-state index in [9.17, 15) is 0 Å². The van der Waals surface area contributed by atoms with E-state index in [1.165, 1.54) is 47.4 Å². The van der Waals surface area contributed by atoms with Crippen LogP contribution in [0, 0.1) is 0 Å². The van der Waals surface area contributed by atoms with E-state index in [1.54, 1.807) is 0 Å². The Morgan fingerprint density at radius 2 is 1.00 bits per heavy atom. The Balaban J connectivity index is 1.77. The number of nitrogens with one attached hydrogen (secondary N) is 2. The normalized spacial score (nSPS) is 19.1. The van der Waals surface area contributed by atoms with Gasteiger partial charge in [-0.15, -0.1) is 0 Å². The van der Waals surface area contributed by atoms with Crippen molar-refractivity contribution in [2.24, 2.45) is 0 Å². The van der Waals surface area contributed by atoms with E-state index in [-0.39, 0.29) is 17.9 Å². The Hall–Kier alpha value is -0.989. The number of benzene rings is 2. The zero-order valence-electron chi connectivity index (χ0n) is 13.5. The third-order valence-electron chi connectivity index (χ3n) is 5.06. The first-order chi connectivity index (χ1) is 11.4. The number of rotatable bonds is 6. The molecule has 0 unspecified atom stereocenters. The SMILES string of the molecule is c1ccc([Si](N[Si]2CCC2)(N[Si]2CCC2)c2ccccc2)cc1. The number of hydrogen-bond donors (Lipinski definition) is 2. The van der Waals surface area contributed by atoms with Crippen LogP contribution in [0.1, 0.15) is 12.8 Å². The molecule has 2 saturated heterocycles. The van der Waals surface area contributed by atoms with E-state index < -0.39 is 8.40 Å². The van der Waals surface area contributed by atoms with E-state index in [0.717, 1.165) is 0 Å². The average molecular weight is 353 g/mol. The highest BCUT2D eigenvalue weighted by atomic mass is 28.4. The molecule has 0 atom stereocenters. The molecular weight excluding hydrogens is 328 g/mol. The predicted molar refractivity (Wildman–Crippen MR) is 104 cm³/mol.